The Morgan fingerprint density at radius 2 is 2.00 bits per heavy atom. The van der Waals surface area contributed by atoms with Crippen LogP contribution in [-0.2, 0) is 0 Å². The first-order chi connectivity index (χ1) is 4.36. The van der Waals surface area contributed by atoms with E-state index in [9.17, 15) is 0 Å². The Labute approximate surface area is 57.8 Å². The lowest BCUT2D eigenvalue weighted by molar-refractivity contribution is 0.244. The van der Waals surface area contributed by atoms with Crippen molar-refractivity contribution in [3.8, 4) is 0 Å². The Hall–Kier alpha value is -0.0400. The summed E-state index contributed by atoms with van der Waals surface area (Å²) in [5, 5.41) is 3.53. The molecule has 1 aliphatic heterocycles. The molecule has 0 aromatic heterocycles. The maximum Gasteiger partial charge on any atom is 0.00843 e. The van der Waals surface area contributed by atoms with Gasteiger partial charge < -0.3 is 5.32 Å². The third kappa shape index (κ3) is 1.68. The Morgan fingerprint density at radius 1 is 1.33 bits per heavy atom. The minimum Gasteiger partial charge on any atom is -0.311 e. The van der Waals surface area contributed by atoms with Crippen LogP contribution < -0.4 is 5.32 Å². The smallest absolute Gasteiger partial charge is 0.00843 e. The van der Waals surface area contributed by atoms with Crippen molar-refractivity contribution in [3.63, 3.8) is 0 Å². The van der Waals surface area contributed by atoms with E-state index in [1.165, 1.54) is 25.7 Å². The molecule has 1 rings (SSSR count). The monoisotopic (exact) mass is 127 g/mol. The molecule has 1 aliphatic rings. The Morgan fingerprint density at radius 3 is 2.44 bits per heavy atom. The molecule has 0 amide bonds. The number of rotatable bonds is 3. The van der Waals surface area contributed by atoms with Crippen LogP contribution >= 0.6 is 0 Å². The highest BCUT2D eigenvalue weighted by molar-refractivity contribution is 4.86. The highest BCUT2D eigenvalue weighted by Gasteiger charge is 2.24. The van der Waals surface area contributed by atoms with Gasteiger partial charge in [0.05, 0.1) is 0 Å². The SMILES string of the molecule is CCCC1CC(CC)N1. The summed E-state index contributed by atoms with van der Waals surface area (Å²) < 4.78 is 0. The second-order valence-electron chi connectivity index (χ2n) is 2.99. The molecule has 1 N–H and O–H groups in total. The van der Waals surface area contributed by atoms with Crippen LogP contribution in [0.15, 0.2) is 0 Å². The summed E-state index contributed by atoms with van der Waals surface area (Å²) >= 11 is 0. The molecule has 0 spiro atoms. The lowest BCUT2D eigenvalue weighted by atomic mass is 9.92. The molecule has 2 unspecified atom stereocenters. The van der Waals surface area contributed by atoms with E-state index in [2.05, 4.69) is 19.2 Å². The minimum atomic E-state index is 0.849. The highest BCUT2D eigenvalue weighted by atomic mass is 15.0. The Bertz CT molecular complexity index is 74.6. The third-order valence-electron chi connectivity index (χ3n) is 2.17. The van der Waals surface area contributed by atoms with Crippen LogP contribution in [-0.4, -0.2) is 12.1 Å². The lowest BCUT2D eigenvalue weighted by Gasteiger charge is -2.36. The van der Waals surface area contributed by atoms with Crippen LogP contribution in [0.5, 0.6) is 0 Å². The van der Waals surface area contributed by atoms with Crippen LogP contribution in [0.1, 0.15) is 39.5 Å². The zero-order chi connectivity index (χ0) is 6.69. The second-order valence-corrected chi connectivity index (χ2v) is 2.99. The molecule has 0 radical (unpaired) electrons. The van der Waals surface area contributed by atoms with Crippen molar-refractivity contribution in [1.82, 2.24) is 5.32 Å². The average molecular weight is 127 g/mol. The summed E-state index contributed by atoms with van der Waals surface area (Å²) in [6, 6.07) is 1.71. The topological polar surface area (TPSA) is 12.0 Å². The largest absolute Gasteiger partial charge is 0.311 e. The fourth-order valence-corrected chi connectivity index (χ4v) is 1.49. The maximum atomic E-state index is 3.53. The van der Waals surface area contributed by atoms with Crippen molar-refractivity contribution < 1.29 is 0 Å². The van der Waals surface area contributed by atoms with Crippen LogP contribution in [0.3, 0.4) is 0 Å². The molecule has 1 fully saturated rings. The van der Waals surface area contributed by atoms with E-state index >= 15 is 0 Å². The summed E-state index contributed by atoms with van der Waals surface area (Å²) in [5.74, 6) is 0. The summed E-state index contributed by atoms with van der Waals surface area (Å²) in [6.45, 7) is 4.50. The highest BCUT2D eigenvalue weighted by Crippen LogP contribution is 2.17. The standard InChI is InChI=1S/C8H17N/c1-3-5-8-6-7(4-2)9-8/h7-9H,3-6H2,1-2H3. The van der Waals surface area contributed by atoms with E-state index in [0.29, 0.717) is 0 Å². The fourth-order valence-electron chi connectivity index (χ4n) is 1.49. The van der Waals surface area contributed by atoms with Gasteiger partial charge in [-0.25, -0.2) is 0 Å². The maximum absolute atomic E-state index is 3.53. The fraction of sp³-hybridized carbons (Fsp3) is 1.00. The molecule has 1 heteroatoms. The first-order valence-electron chi connectivity index (χ1n) is 4.12. The summed E-state index contributed by atoms with van der Waals surface area (Å²) in [7, 11) is 0. The van der Waals surface area contributed by atoms with Gasteiger partial charge in [0, 0.05) is 12.1 Å². The predicted octanol–water partition coefficient (Wildman–Crippen LogP) is 1.93. The van der Waals surface area contributed by atoms with E-state index in [0.717, 1.165) is 12.1 Å². The van der Waals surface area contributed by atoms with Gasteiger partial charge in [0.2, 0.25) is 0 Å². The predicted molar refractivity (Wildman–Crippen MR) is 40.5 cm³/mol. The molecule has 54 valence electrons. The van der Waals surface area contributed by atoms with Gasteiger partial charge in [-0.2, -0.15) is 0 Å². The van der Waals surface area contributed by atoms with Crippen molar-refractivity contribution in [2.75, 3.05) is 0 Å². The zero-order valence-electron chi connectivity index (χ0n) is 6.48. The molecule has 1 saturated heterocycles. The van der Waals surface area contributed by atoms with Gasteiger partial charge in [-0.3, -0.25) is 0 Å². The van der Waals surface area contributed by atoms with Gasteiger partial charge in [0.15, 0.2) is 0 Å². The van der Waals surface area contributed by atoms with Crippen molar-refractivity contribution in [3.05, 3.63) is 0 Å². The Kier molecular flexibility index (Phi) is 2.52. The summed E-state index contributed by atoms with van der Waals surface area (Å²) in [4.78, 5) is 0. The van der Waals surface area contributed by atoms with Gasteiger partial charge in [-0.05, 0) is 19.3 Å². The van der Waals surface area contributed by atoms with Gasteiger partial charge in [0.1, 0.15) is 0 Å². The number of hydrogen-bond acceptors (Lipinski definition) is 1. The normalized spacial score (nSPS) is 34.0. The van der Waals surface area contributed by atoms with Gasteiger partial charge in [0.25, 0.3) is 0 Å². The van der Waals surface area contributed by atoms with Crippen molar-refractivity contribution >= 4 is 0 Å². The Balaban J connectivity index is 1.98. The molecule has 0 aliphatic carbocycles. The first-order valence-corrected chi connectivity index (χ1v) is 4.12. The van der Waals surface area contributed by atoms with Crippen LogP contribution in [0.4, 0.5) is 0 Å². The van der Waals surface area contributed by atoms with Gasteiger partial charge in [-0.1, -0.05) is 20.3 Å². The first kappa shape index (κ1) is 7.07. The second kappa shape index (κ2) is 3.21. The molecule has 0 bridgehead atoms. The molecule has 0 saturated carbocycles. The number of hydrogen-bond donors (Lipinski definition) is 1. The van der Waals surface area contributed by atoms with E-state index in [-0.39, 0.29) is 0 Å². The van der Waals surface area contributed by atoms with Crippen LogP contribution in [0.2, 0.25) is 0 Å². The van der Waals surface area contributed by atoms with Gasteiger partial charge >= 0.3 is 0 Å². The molecular formula is C8H17N. The third-order valence-corrected chi connectivity index (χ3v) is 2.17. The van der Waals surface area contributed by atoms with Gasteiger partial charge in [-0.15, -0.1) is 0 Å². The molecule has 1 heterocycles. The molecule has 0 aromatic rings. The van der Waals surface area contributed by atoms with E-state index < -0.39 is 0 Å². The summed E-state index contributed by atoms with van der Waals surface area (Å²) in [6.07, 6.45) is 5.43. The molecule has 2 atom stereocenters. The molecular weight excluding hydrogens is 110 g/mol. The van der Waals surface area contributed by atoms with Crippen molar-refractivity contribution in [1.29, 1.82) is 0 Å². The molecule has 9 heavy (non-hydrogen) atoms. The summed E-state index contributed by atoms with van der Waals surface area (Å²) in [5.41, 5.74) is 0. The minimum absolute atomic E-state index is 0.849. The zero-order valence-corrected chi connectivity index (χ0v) is 6.48. The van der Waals surface area contributed by atoms with Crippen molar-refractivity contribution in [2.24, 2.45) is 0 Å². The van der Waals surface area contributed by atoms with E-state index in [1.807, 2.05) is 0 Å². The average Bonchev–Trinajstić information content (AvgIpc) is 1.77. The van der Waals surface area contributed by atoms with Crippen molar-refractivity contribution in [2.45, 2.75) is 51.6 Å². The van der Waals surface area contributed by atoms with E-state index in [1.54, 1.807) is 0 Å². The van der Waals surface area contributed by atoms with E-state index in [4.69, 9.17) is 0 Å². The quantitative estimate of drug-likeness (QED) is 0.611. The van der Waals surface area contributed by atoms with Crippen LogP contribution in [0, 0.1) is 0 Å². The number of nitrogens with one attached hydrogen (secondary N) is 1. The lowest BCUT2D eigenvalue weighted by Crippen LogP contribution is -2.51. The molecule has 1 nitrogen and oxygen atoms in total. The van der Waals surface area contributed by atoms with Crippen LogP contribution in [0.25, 0.3) is 0 Å². The molecule has 0 aromatic carbocycles.